The number of aromatic nitrogens is 2. The van der Waals surface area contributed by atoms with Crippen molar-refractivity contribution in [1.29, 1.82) is 0 Å². The van der Waals surface area contributed by atoms with Crippen molar-refractivity contribution in [3.63, 3.8) is 0 Å². The maximum Gasteiger partial charge on any atom is 0.233 e. The first-order valence-corrected chi connectivity index (χ1v) is 10.1. The maximum atomic E-state index is 12.6. The SMILES string of the molecule is CC(=O)N1CCN(C(=O)CSc2nc3ccccc3n2CC(C)C)CC1. The van der Waals surface area contributed by atoms with Crippen molar-refractivity contribution in [1.82, 2.24) is 19.4 Å². The van der Waals surface area contributed by atoms with E-state index in [-0.39, 0.29) is 11.8 Å². The highest BCUT2D eigenvalue weighted by atomic mass is 32.2. The lowest BCUT2D eigenvalue weighted by Crippen LogP contribution is -2.50. The summed E-state index contributed by atoms with van der Waals surface area (Å²) >= 11 is 1.50. The van der Waals surface area contributed by atoms with E-state index in [9.17, 15) is 9.59 Å². The molecule has 3 rings (SSSR count). The van der Waals surface area contributed by atoms with Crippen molar-refractivity contribution < 1.29 is 9.59 Å². The minimum absolute atomic E-state index is 0.0777. The first-order chi connectivity index (χ1) is 12.5. The summed E-state index contributed by atoms with van der Waals surface area (Å²) in [7, 11) is 0. The Kier molecular flexibility index (Phi) is 5.86. The van der Waals surface area contributed by atoms with Gasteiger partial charge in [0.25, 0.3) is 0 Å². The van der Waals surface area contributed by atoms with Crippen LogP contribution in [0.3, 0.4) is 0 Å². The Morgan fingerprint density at radius 3 is 2.42 bits per heavy atom. The van der Waals surface area contributed by atoms with E-state index in [1.54, 1.807) is 11.8 Å². The van der Waals surface area contributed by atoms with Gasteiger partial charge in [-0.25, -0.2) is 4.98 Å². The highest BCUT2D eigenvalue weighted by molar-refractivity contribution is 7.99. The lowest BCUT2D eigenvalue weighted by atomic mass is 10.2. The summed E-state index contributed by atoms with van der Waals surface area (Å²) in [5.74, 6) is 1.07. The zero-order valence-corrected chi connectivity index (χ0v) is 16.5. The molecule has 0 atom stereocenters. The number of piperazine rings is 1. The van der Waals surface area contributed by atoms with Gasteiger partial charge >= 0.3 is 0 Å². The molecule has 0 spiro atoms. The van der Waals surface area contributed by atoms with E-state index in [1.165, 1.54) is 11.8 Å². The highest BCUT2D eigenvalue weighted by Gasteiger charge is 2.23. The van der Waals surface area contributed by atoms with Gasteiger partial charge in [-0.15, -0.1) is 0 Å². The van der Waals surface area contributed by atoms with E-state index in [2.05, 4.69) is 24.5 Å². The highest BCUT2D eigenvalue weighted by Crippen LogP contribution is 2.25. The van der Waals surface area contributed by atoms with E-state index < -0.39 is 0 Å². The molecule has 0 N–H and O–H groups in total. The van der Waals surface area contributed by atoms with Crippen LogP contribution in [-0.4, -0.2) is 63.1 Å². The van der Waals surface area contributed by atoms with Crippen molar-refractivity contribution in [3.05, 3.63) is 24.3 Å². The van der Waals surface area contributed by atoms with E-state index in [1.807, 2.05) is 23.1 Å². The predicted molar refractivity (Wildman–Crippen MR) is 104 cm³/mol. The molecule has 26 heavy (non-hydrogen) atoms. The second-order valence-corrected chi connectivity index (χ2v) is 8.01. The van der Waals surface area contributed by atoms with Gasteiger partial charge in [-0.1, -0.05) is 37.7 Å². The Morgan fingerprint density at radius 2 is 1.77 bits per heavy atom. The molecule has 1 saturated heterocycles. The Morgan fingerprint density at radius 1 is 1.12 bits per heavy atom. The third-order valence-electron chi connectivity index (χ3n) is 4.57. The molecular formula is C19H26N4O2S. The summed E-state index contributed by atoms with van der Waals surface area (Å²) in [6.45, 7) is 9.30. The summed E-state index contributed by atoms with van der Waals surface area (Å²) in [4.78, 5) is 32.3. The molecule has 2 heterocycles. The Balaban J connectivity index is 1.66. The quantitative estimate of drug-likeness (QED) is 0.755. The van der Waals surface area contributed by atoms with Crippen molar-refractivity contribution in [3.8, 4) is 0 Å². The zero-order chi connectivity index (χ0) is 18.7. The largest absolute Gasteiger partial charge is 0.339 e. The van der Waals surface area contributed by atoms with Crippen LogP contribution in [0.1, 0.15) is 20.8 Å². The van der Waals surface area contributed by atoms with Crippen LogP contribution < -0.4 is 0 Å². The third-order valence-corrected chi connectivity index (χ3v) is 5.53. The van der Waals surface area contributed by atoms with E-state index in [0.717, 1.165) is 22.7 Å². The van der Waals surface area contributed by atoms with E-state index >= 15 is 0 Å². The summed E-state index contributed by atoms with van der Waals surface area (Å²) in [5, 5.41) is 0.899. The number of hydrogen-bond donors (Lipinski definition) is 0. The Hall–Kier alpha value is -2.02. The zero-order valence-electron chi connectivity index (χ0n) is 15.6. The molecule has 0 bridgehead atoms. The van der Waals surface area contributed by atoms with Crippen LogP contribution in [0.2, 0.25) is 0 Å². The van der Waals surface area contributed by atoms with Gasteiger partial charge in [-0.2, -0.15) is 0 Å². The van der Waals surface area contributed by atoms with Gasteiger partial charge in [0.15, 0.2) is 5.16 Å². The van der Waals surface area contributed by atoms with Crippen molar-refractivity contribution in [2.24, 2.45) is 5.92 Å². The number of carbonyl (C=O) groups excluding carboxylic acids is 2. The Bertz CT molecular complexity index is 794. The minimum Gasteiger partial charge on any atom is -0.339 e. The van der Waals surface area contributed by atoms with E-state index in [0.29, 0.717) is 37.8 Å². The van der Waals surface area contributed by atoms with Gasteiger partial charge in [-0.05, 0) is 18.1 Å². The van der Waals surface area contributed by atoms with Crippen LogP contribution in [0.15, 0.2) is 29.4 Å². The molecular weight excluding hydrogens is 348 g/mol. The van der Waals surface area contributed by atoms with Gasteiger partial charge in [0.2, 0.25) is 11.8 Å². The number of rotatable bonds is 5. The van der Waals surface area contributed by atoms with Gasteiger partial charge < -0.3 is 14.4 Å². The molecule has 6 nitrogen and oxygen atoms in total. The van der Waals surface area contributed by atoms with Crippen molar-refractivity contribution >= 4 is 34.6 Å². The van der Waals surface area contributed by atoms with Gasteiger partial charge in [0.1, 0.15) is 0 Å². The standard InChI is InChI=1S/C19H26N4O2S/c1-14(2)12-23-17-7-5-4-6-16(17)20-19(23)26-13-18(25)22-10-8-21(9-11-22)15(3)24/h4-7,14H,8-13H2,1-3H3. The number of amides is 2. The average Bonchev–Trinajstić information content (AvgIpc) is 2.97. The molecule has 2 aromatic rings. The van der Waals surface area contributed by atoms with Crippen LogP contribution in [-0.2, 0) is 16.1 Å². The number of para-hydroxylation sites is 2. The maximum absolute atomic E-state index is 12.6. The third kappa shape index (κ3) is 4.20. The molecule has 1 fully saturated rings. The summed E-state index contributed by atoms with van der Waals surface area (Å²) in [6, 6.07) is 8.11. The first-order valence-electron chi connectivity index (χ1n) is 9.07. The van der Waals surface area contributed by atoms with Crippen molar-refractivity contribution in [2.75, 3.05) is 31.9 Å². The molecule has 140 valence electrons. The molecule has 1 aromatic heterocycles. The van der Waals surface area contributed by atoms with Gasteiger partial charge in [0, 0.05) is 39.6 Å². The molecule has 1 aliphatic rings. The van der Waals surface area contributed by atoms with Crippen LogP contribution >= 0.6 is 11.8 Å². The molecule has 0 unspecified atom stereocenters. The predicted octanol–water partition coefficient (Wildman–Crippen LogP) is 2.48. The van der Waals surface area contributed by atoms with Crippen molar-refractivity contribution in [2.45, 2.75) is 32.5 Å². The topological polar surface area (TPSA) is 58.4 Å². The second-order valence-electron chi connectivity index (χ2n) is 7.06. The first kappa shape index (κ1) is 18.8. The summed E-state index contributed by atoms with van der Waals surface area (Å²) in [5.41, 5.74) is 2.09. The number of benzene rings is 1. The second kappa shape index (κ2) is 8.12. The van der Waals surface area contributed by atoms with E-state index in [4.69, 9.17) is 4.98 Å². The van der Waals surface area contributed by atoms with Crippen LogP contribution in [0, 0.1) is 5.92 Å². The summed E-state index contributed by atoms with van der Waals surface area (Å²) in [6.07, 6.45) is 0. The van der Waals surface area contributed by atoms with Crippen LogP contribution in [0.25, 0.3) is 11.0 Å². The van der Waals surface area contributed by atoms with Gasteiger partial charge in [0.05, 0.1) is 16.8 Å². The smallest absolute Gasteiger partial charge is 0.233 e. The number of nitrogens with zero attached hydrogens (tertiary/aromatic N) is 4. The molecule has 7 heteroatoms. The molecule has 1 aromatic carbocycles. The number of hydrogen-bond acceptors (Lipinski definition) is 4. The average molecular weight is 375 g/mol. The number of imidazole rings is 1. The molecule has 0 radical (unpaired) electrons. The number of thioether (sulfide) groups is 1. The molecule has 1 aliphatic heterocycles. The molecule has 0 aliphatic carbocycles. The number of carbonyl (C=O) groups is 2. The van der Waals surface area contributed by atoms with Crippen LogP contribution in [0.4, 0.5) is 0 Å². The fourth-order valence-corrected chi connectivity index (χ4v) is 4.12. The normalized spacial score (nSPS) is 15.1. The number of fused-ring (bicyclic) bond motifs is 1. The van der Waals surface area contributed by atoms with Gasteiger partial charge in [-0.3, -0.25) is 9.59 Å². The minimum atomic E-state index is 0.0777. The molecule has 2 amide bonds. The lowest BCUT2D eigenvalue weighted by molar-refractivity contribution is -0.136. The lowest BCUT2D eigenvalue weighted by Gasteiger charge is -2.34. The Labute approximate surface area is 158 Å². The van der Waals surface area contributed by atoms with Crippen LogP contribution in [0.5, 0.6) is 0 Å². The fraction of sp³-hybridized carbons (Fsp3) is 0.526. The monoisotopic (exact) mass is 374 g/mol. The molecule has 0 saturated carbocycles. The summed E-state index contributed by atoms with van der Waals surface area (Å²) < 4.78 is 2.21. The fourth-order valence-electron chi connectivity index (χ4n) is 3.19.